The van der Waals surface area contributed by atoms with E-state index in [0.29, 0.717) is 0 Å². The highest BCUT2D eigenvalue weighted by atomic mass is 32.2. The third-order valence-electron chi connectivity index (χ3n) is 3.91. The highest BCUT2D eigenvalue weighted by Crippen LogP contribution is 2.25. The van der Waals surface area contributed by atoms with E-state index in [9.17, 15) is 0 Å². The summed E-state index contributed by atoms with van der Waals surface area (Å²) in [6.07, 6.45) is 6.54. The highest BCUT2D eigenvalue weighted by Gasteiger charge is 2.08. The lowest BCUT2D eigenvalue weighted by molar-refractivity contribution is 0.778. The molecule has 0 aliphatic carbocycles. The number of fused-ring (bicyclic) bond motifs is 1. The van der Waals surface area contributed by atoms with E-state index in [1.54, 1.807) is 6.20 Å². The molecule has 2 heterocycles. The number of rotatable bonds is 6. The van der Waals surface area contributed by atoms with Crippen LogP contribution in [0.15, 0.2) is 47.8 Å². The Morgan fingerprint density at radius 1 is 1.04 bits per heavy atom. The molecule has 0 radical (unpaired) electrons. The summed E-state index contributed by atoms with van der Waals surface area (Å²) in [5.41, 5.74) is 3.88. The maximum absolute atomic E-state index is 5.63. The van der Waals surface area contributed by atoms with Crippen molar-refractivity contribution >= 4 is 28.8 Å². The van der Waals surface area contributed by atoms with Crippen LogP contribution in [0.25, 0.3) is 22.2 Å². The van der Waals surface area contributed by atoms with Crippen molar-refractivity contribution in [1.82, 2.24) is 15.0 Å². The Balaban J connectivity index is 2.02. The standard InChI is InChI=1S/C18H21N5S/c1-3-7-23(4-2)18-12-21-16-6-5-13(9-17(16)22-18)14-8-15(24-19)11-20-10-14/h5-6,8-12H,3-4,7,19H2,1-2H3. The zero-order valence-corrected chi connectivity index (χ0v) is 14.8. The normalized spacial score (nSPS) is 11.0. The second-order valence-corrected chi connectivity index (χ2v) is 6.25. The van der Waals surface area contributed by atoms with Crippen LogP contribution in [-0.2, 0) is 0 Å². The monoisotopic (exact) mass is 339 g/mol. The van der Waals surface area contributed by atoms with Crippen molar-refractivity contribution in [2.75, 3.05) is 18.0 Å². The van der Waals surface area contributed by atoms with Gasteiger partial charge < -0.3 is 4.90 Å². The third-order valence-corrected chi connectivity index (χ3v) is 4.41. The molecule has 0 saturated heterocycles. The van der Waals surface area contributed by atoms with Crippen LogP contribution in [0.3, 0.4) is 0 Å². The van der Waals surface area contributed by atoms with E-state index in [2.05, 4.69) is 34.8 Å². The maximum atomic E-state index is 5.63. The Labute approximate surface area is 146 Å². The van der Waals surface area contributed by atoms with Crippen LogP contribution >= 0.6 is 11.9 Å². The van der Waals surface area contributed by atoms with Gasteiger partial charge in [0.25, 0.3) is 0 Å². The van der Waals surface area contributed by atoms with Crippen LogP contribution in [0.5, 0.6) is 0 Å². The van der Waals surface area contributed by atoms with E-state index in [1.807, 2.05) is 30.6 Å². The van der Waals surface area contributed by atoms with Crippen molar-refractivity contribution < 1.29 is 0 Å². The molecule has 3 aromatic rings. The number of nitrogens with zero attached hydrogens (tertiary/aromatic N) is 4. The lowest BCUT2D eigenvalue weighted by atomic mass is 10.1. The minimum Gasteiger partial charge on any atom is -0.356 e. The van der Waals surface area contributed by atoms with Crippen molar-refractivity contribution in [3.63, 3.8) is 0 Å². The molecule has 0 amide bonds. The molecule has 0 atom stereocenters. The second-order valence-electron chi connectivity index (χ2n) is 5.54. The van der Waals surface area contributed by atoms with Crippen molar-refractivity contribution in [1.29, 1.82) is 0 Å². The summed E-state index contributed by atoms with van der Waals surface area (Å²) < 4.78 is 0. The lowest BCUT2D eigenvalue weighted by Crippen LogP contribution is -2.24. The molecular weight excluding hydrogens is 318 g/mol. The number of benzene rings is 1. The van der Waals surface area contributed by atoms with Gasteiger partial charge in [-0.3, -0.25) is 15.1 Å². The summed E-state index contributed by atoms with van der Waals surface area (Å²) in [5.74, 6) is 0.924. The molecule has 0 saturated carbocycles. The van der Waals surface area contributed by atoms with Gasteiger partial charge in [-0.1, -0.05) is 13.0 Å². The number of hydrogen-bond acceptors (Lipinski definition) is 6. The largest absolute Gasteiger partial charge is 0.356 e. The Hall–Kier alpha value is -2.18. The van der Waals surface area contributed by atoms with E-state index in [-0.39, 0.29) is 0 Å². The minimum absolute atomic E-state index is 0.894. The maximum Gasteiger partial charge on any atom is 0.147 e. The van der Waals surface area contributed by atoms with E-state index in [1.165, 1.54) is 11.9 Å². The molecule has 0 aliphatic rings. The smallest absolute Gasteiger partial charge is 0.147 e. The van der Waals surface area contributed by atoms with E-state index in [4.69, 9.17) is 10.1 Å². The molecule has 2 N–H and O–H groups in total. The van der Waals surface area contributed by atoms with Crippen molar-refractivity contribution in [3.8, 4) is 11.1 Å². The first-order chi connectivity index (χ1) is 11.7. The molecule has 3 rings (SSSR count). The molecular formula is C18H21N5S. The van der Waals surface area contributed by atoms with Crippen molar-refractivity contribution in [3.05, 3.63) is 42.9 Å². The Kier molecular flexibility index (Phi) is 5.27. The van der Waals surface area contributed by atoms with Gasteiger partial charge in [0.15, 0.2) is 0 Å². The fourth-order valence-electron chi connectivity index (χ4n) is 2.68. The van der Waals surface area contributed by atoms with Crippen molar-refractivity contribution in [2.24, 2.45) is 5.14 Å². The first-order valence-electron chi connectivity index (χ1n) is 8.09. The van der Waals surface area contributed by atoms with Gasteiger partial charge in [0.05, 0.1) is 17.2 Å². The van der Waals surface area contributed by atoms with Crippen LogP contribution in [0.1, 0.15) is 20.3 Å². The number of pyridine rings is 1. The van der Waals surface area contributed by atoms with Crippen LogP contribution in [0, 0.1) is 0 Å². The van der Waals surface area contributed by atoms with Crippen LogP contribution in [0.2, 0.25) is 0 Å². The van der Waals surface area contributed by atoms with Gasteiger partial charge in [-0.2, -0.15) is 0 Å². The lowest BCUT2D eigenvalue weighted by Gasteiger charge is -2.20. The summed E-state index contributed by atoms with van der Waals surface area (Å²) in [6, 6.07) is 8.14. The Morgan fingerprint density at radius 2 is 1.92 bits per heavy atom. The van der Waals surface area contributed by atoms with Gasteiger partial charge in [-0.05, 0) is 49.1 Å². The molecule has 24 heavy (non-hydrogen) atoms. The molecule has 1 aromatic carbocycles. The SMILES string of the molecule is CCCN(CC)c1cnc2ccc(-c3cncc(SN)c3)cc2n1. The van der Waals surface area contributed by atoms with Gasteiger partial charge in [-0.15, -0.1) is 0 Å². The number of nitrogens with two attached hydrogens (primary N) is 1. The summed E-state index contributed by atoms with van der Waals surface area (Å²) in [7, 11) is 0. The van der Waals surface area contributed by atoms with Gasteiger partial charge in [0, 0.05) is 35.9 Å². The topological polar surface area (TPSA) is 67.9 Å². The third kappa shape index (κ3) is 3.49. The quantitative estimate of drug-likeness (QED) is 0.687. The number of aromatic nitrogens is 3. The Morgan fingerprint density at radius 3 is 2.67 bits per heavy atom. The average Bonchev–Trinajstić information content (AvgIpc) is 2.65. The molecule has 124 valence electrons. The zero-order chi connectivity index (χ0) is 16.9. The fourth-order valence-corrected chi connectivity index (χ4v) is 3.00. The average molecular weight is 339 g/mol. The number of anilines is 1. The fraction of sp³-hybridized carbons (Fsp3) is 0.278. The second kappa shape index (κ2) is 7.59. The van der Waals surface area contributed by atoms with Crippen LogP contribution < -0.4 is 10.0 Å². The minimum atomic E-state index is 0.894. The van der Waals surface area contributed by atoms with Gasteiger partial charge >= 0.3 is 0 Å². The first-order valence-corrected chi connectivity index (χ1v) is 8.97. The molecule has 5 nitrogen and oxygen atoms in total. The molecule has 2 aromatic heterocycles. The van der Waals surface area contributed by atoms with Gasteiger partial charge in [0.2, 0.25) is 0 Å². The van der Waals surface area contributed by atoms with Crippen molar-refractivity contribution in [2.45, 2.75) is 25.2 Å². The summed E-state index contributed by atoms with van der Waals surface area (Å²) in [4.78, 5) is 16.8. The van der Waals surface area contributed by atoms with Crippen LogP contribution in [0.4, 0.5) is 5.82 Å². The van der Waals surface area contributed by atoms with Crippen LogP contribution in [-0.4, -0.2) is 28.0 Å². The predicted molar refractivity (Wildman–Crippen MR) is 101 cm³/mol. The highest BCUT2D eigenvalue weighted by molar-refractivity contribution is 7.97. The molecule has 6 heteroatoms. The molecule has 0 aliphatic heterocycles. The zero-order valence-electron chi connectivity index (χ0n) is 13.9. The molecule has 0 spiro atoms. The molecule has 0 fully saturated rings. The Bertz CT molecular complexity index is 837. The summed E-state index contributed by atoms with van der Waals surface area (Å²) in [5, 5.41) is 5.63. The molecule has 0 bridgehead atoms. The molecule has 0 unspecified atom stereocenters. The van der Waals surface area contributed by atoms with Gasteiger partial charge in [-0.25, -0.2) is 4.98 Å². The van der Waals surface area contributed by atoms with Gasteiger partial charge in [0.1, 0.15) is 5.82 Å². The first kappa shape index (κ1) is 16.7. The van der Waals surface area contributed by atoms with E-state index >= 15 is 0 Å². The summed E-state index contributed by atoms with van der Waals surface area (Å²) in [6.45, 7) is 6.22. The van der Waals surface area contributed by atoms with E-state index < -0.39 is 0 Å². The summed E-state index contributed by atoms with van der Waals surface area (Å²) >= 11 is 1.20. The number of hydrogen-bond donors (Lipinski definition) is 1. The van der Waals surface area contributed by atoms with E-state index in [0.717, 1.165) is 52.4 Å². The predicted octanol–water partition coefficient (Wildman–Crippen LogP) is 3.89.